The molecule has 1 amide bonds. The van der Waals surface area contributed by atoms with Gasteiger partial charge in [0.1, 0.15) is 11.5 Å². The van der Waals surface area contributed by atoms with Crippen LogP contribution in [0.5, 0.6) is 11.5 Å². The number of hydrogen-bond acceptors (Lipinski definition) is 4. The number of carbonyl (C=O) groups excluding carboxylic acids is 1. The monoisotopic (exact) mass is 514 g/mol. The average molecular weight is 515 g/mol. The Morgan fingerprint density at radius 1 is 1.00 bits per heavy atom. The van der Waals surface area contributed by atoms with Crippen LogP contribution in [0.2, 0.25) is 0 Å². The van der Waals surface area contributed by atoms with E-state index in [0.29, 0.717) is 37.3 Å². The maximum Gasteiger partial charge on any atom is 0.251 e. The first kappa shape index (κ1) is 27.2. The molecule has 2 aromatic carbocycles. The Kier molecular flexibility index (Phi) is 8.10. The van der Waals surface area contributed by atoms with Crippen molar-refractivity contribution in [3.8, 4) is 11.5 Å². The van der Waals surface area contributed by atoms with Gasteiger partial charge in [-0.1, -0.05) is 64.1 Å². The quantitative estimate of drug-likeness (QED) is 0.408. The molecule has 0 radical (unpaired) electrons. The number of carbonyl (C=O) groups is 1. The summed E-state index contributed by atoms with van der Waals surface area (Å²) in [6.07, 6.45) is 3.98. The molecule has 4 rings (SSSR count). The van der Waals surface area contributed by atoms with Gasteiger partial charge in [0.25, 0.3) is 5.56 Å². The summed E-state index contributed by atoms with van der Waals surface area (Å²) >= 11 is 0. The molecule has 1 N–H and O–H groups in total. The van der Waals surface area contributed by atoms with Crippen LogP contribution >= 0.6 is 0 Å². The van der Waals surface area contributed by atoms with Crippen molar-refractivity contribution in [2.45, 2.75) is 65.0 Å². The van der Waals surface area contributed by atoms with Gasteiger partial charge in [-0.2, -0.15) is 0 Å². The van der Waals surface area contributed by atoms with Crippen molar-refractivity contribution in [1.29, 1.82) is 0 Å². The van der Waals surface area contributed by atoms with Gasteiger partial charge < -0.3 is 19.4 Å². The molecule has 0 unspecified atom stereocenters. The first-order chi connectivity index (χ1) is 18.1. The summed E-state index contributed by atoms with van der Waals surface area (Å²) in [5, 5.41) is 0. The van der Waals surface area contributed by atoms with E-state index in [1.807, 2.05) is 42.2 Å². The number of amides is 1. The molecule has 38 heavy (non-hydrogen) atoms. The van der Waals surface area contributed by atoms with Crippen molar-refractivity contribution in [2.24, 2.45) is 0 Å². The molecule has 200 valence electrons. The molecule has 0 aliphatic carbocycles. The van der Waals surface area contributed by atoms with Crippen LogP contribution in [0, 0.1) is 0 Å². The van der Waals surface area contributed by atoms with E-state index in [0.717, 1.165) is 28.0 Å². The second-order valence-corrected chi connectivity index (χ2v) is 10.8. The third kappa shape index (κ3) is 5.85. The number of likely N-dealkylation sites (tertiary alicyclic amines) is 1. The highest BCUT2D eigenvalue weighted by Gasteiger charge is 2.31. The highest BCUT2D eigenvalue weighted by atomic mass is 16.5. The van der Waals surface area contributed by atoms with Crippen LogP contribution in [0.3, 0.4) is 0 Å². The van der Waals surface area contributed by atoms with Crippen LogP contribution in [0.1, 0.15) is 68.5 Å². The lowest BCUT2D eigenvalue weighted by molar-refractivity contribution is -0.129. The Balaban J connectivity index is 1.76. The lowest BCUT2D eigenvalue weighted by Crippen LogP contribution is -2.31. The van der Waals surface area contributed by atoms with E-state index in [4.69, 9.17) is 9.47 Å². The Bertz CT molecular complexity index is 1380. The van der Waals surface area contributed by atoms with E-state index in [1.165, 1.54) is 5.56 Å². The number of pyridine rings is 1. The predicted molar refractivity (Wildman–Crippen MR) is 152 cm³/mol. The van der Waals surface area contributed by atoms with Gasteiger partial charge in [0.2, 0.25) is 5.91 Å². The lowest BCUT2D eigenvalue weighted by atomic mass is 9.86. The van der Waals surface area contributed by atoms with Crippen LogP contribution in [-0.2, 0) is 23.2 Å². The van der Waals surface area contributed by atoms with E-state index in [9.17, 15) is 9.59 Å². The summed E-state index contributed by atoms with van der Waals surface area (Å²) in [6, 6.07) is 17.9. The molecule has 3 aromatic rings. The molecule has 1 aromatic heterocycles. The number of rotatable bonds is 8. The number of nitrogens with one attached hydrogen (secondary N) is 1. The molecule has 0 bridgehead atoms. The zero-order valence-corrected chi connectivity index (χ0v) is 23.3. The minimum atomic E-state index is -0.124. The van der Waals surface area contributed by atoms with Crippen LogP contribution in [0.4, 0.5) is 0 Å². The maximum atomic E-state index is 13.0. The first-order valence-electron chi connectivity index (χ1n) is 13.2. The Hall–Kier alpha value is -3.80. The molecule has 1 fully saturated rings. The highest BCUT2D eigenvalue weighted by Crippen LogP contribution is 2.33. The fourth-order valence-corrected chi connectivity index (χ4v) is 4.92. The van der Waals surface area contributed by atoms with Gasteiger partial charge in [-0.15, -0.1) is 0 Å². The smallest absolute Gasteiger partial charge is 0.251 e. The number of nitrogens with zero attached hydrogens (tertiary/aromatic N) is 1. The topological polar surface area (TPSA) is 71.6 Å². The molecule has 1 saturated heterocycles. The normalized spacial score (nSPS) is 16.2. The van der Waals surface area contributed by atoms with Gasteiger partial charge >= 0.3 is 0 Å². The van der Waals surface area contributed by atoms with Crippen molar-refractivity contribution in [3.05, 3.63) is 99.0 Å². The lowest BCUT2D eigenvalue weighted by Gasteiger charge is -2.25. The van der Waals surface area contributed by atoms with Crippen molar-refractivity contribution < 1.29 is 14.3 Å². The minimum absolute atomic E-state index is 0.0333. The zero-order chi connectivity index (χ0) is 27.4. The van der Waals surface area contributed by atoms with E-state index in [2.05, 4.69) is 56.1 Å². The van der Waals surface area contributed by atoms with Crippen LogP contribution < -0.4 is 15.0 Å². The predicted octanol–water partition coefficient (Wildman–Crippen LogP) is 5.87. The number of aromatic amines is 1. The Morgan fingerprint density at radius 3 is 2.32 bits per heavy atom. The highest BCUT2D eigenvalue weighted by molar-refractivity contribution is 5.82. The number of aromatic nitrogens is 1. The summed E-state index contributed by atoms with van der Waals surface area (Å²) in [4.78, 5) is 30.8. The maximum absolute atomic E-state index is 13.0. The van der Waals surface area contributed by atoms with Crippen LogP contribution in [-0.4, -0.2) is 36.1 Å². The van der Waals surface area contributed by atoms with Gasteiger partial charge in [0.05, 0.1) is 20.3 Å². The fourth-order valence-electron chi connectivity index (χ4n) is 4.92. The third-order valence-corrected chi connectivity index (χ3v) is 7.29. The average Bonchev–Trinajstić information content (AvgIpc) is 3.25. The molecule has 6 heteroatoms. The second-order valence-electron chi connectivity index (χ2n) is 10.8. The molecule has 1 atom stereocenters. The molecule has 1 aliphatic heterocycles. The number of H-pyrrole nitrogens is 1. The number of aryl methyl sites for hydroxylation is 1. The standard InChI is InChI=1S/C32H38N2O4/c1-7-21-11-16-28(33-31(21)36)27(22-8-12-24(13-9-22)32(2,3)4)18-25-14-17-30(35)34(25)20-23-10-15-26(37-5)19-29(23)38-6/h8-13,15-16,18-19,25H,7,14,17,20H2,1-6H3,(H,33,36)/b27-18+/t25-/m1/s1. The van der Waals surface area contributed by atoms with Gasteiger partial charge in [-0.25, -0.2) is 0 Å². The van der Waals surface area contributed by atoms with Crippen LogP contribution in [0.25, 0.3) is 5.57 Å². The van der Waals surface area contributed by atoms with Gasteiger partial charge in [0, 0.05) is 41.4 Å². The minimum Gasteiger partial charge on any atom is -0.497 e. The summed E-state index contributed by atoms with van der Waals surface area (Å²) in [5.74, 6) is 1.49. The number of methoxy groups -OCH3 is 2. The summed E-state index contributed by atoms with van der Waals surface area (Å²) in [6.45, 7) is 8.97. The largest absolute Gasteiger partial charge is 0.497 e. The van der Waals surface area contributed by atoms with E-state index < -0.39 is 0 Å². The molecule has 6 nitrogen and oxygen atoms in total. The third-order valence-electron chi connectivity index (χ3n) is 7.29. The zero-order valence-electron chi connectivity index (χ0n) is 23.3. The SMILES string of the molecule is CCc1ccc(/C(=C/[C@H]2CCC(=O)N2Cc2ccc(OC)cc2OC)c2ccc(C(C)(C)C)cc2)[nH]c1=O. The first-order valence-corrected chi connectivity index (χ1v) is 13.2. The number of benzene rings is 2. The Morgan fingerprint density at radius 2 is 1.71 bits per heavy atom. The van der Waals surface area contributed by atoms with Gasteiger partial charge in [-0.3, -0.25) is 9.59 Å². The molecular weight excluding hydrogens is 476 g/mol. The number of ether oxygens (including phenoxy) is 2. The molecule has 1 aliphatic rings. The van der Waals surface area contributed by atoms with Crippen molar-refractivity contribution in [3.63, 3.8) is 0 Å². The van der Waals surface area contributed by atoms with Crippen molar-refractivity contribution in [2.75, 3.05) is 14.2 Å². The van der Waals surface area contributed by atoms with E-state index >= 15 is 0 Å². The van der Waals surface area contributed by atoms with E-state index in [1.54, 1.807) is 14.2 Å². The Labute approximate surface area is 225 Å². The second kappa shape index (κ2) is 11.3. The molecular formula is C32H38N2O4. The van der Waals surface area contributed by atoms with Crippen LogP contribution in [0.15, 0.2) is 65.5 Å². The fraction of sp³-hybridized carbons (Fsp3) is 0.375. The number of hydrogen-bond donors (Lipinski definition) is 1. The molecule has 0 spiro atoms. The van der Waals surface area contributed by atoms with Crippen molar-refractivity contribution >= 4 is 11.5 Å². The van der Waals surface area contributed by atoms with Gasteiger partial charge in [-0.05, 0) is 47.6 Å². The summed E-state index contributed by atoms with van der Waals surface area (Å²) < 4.78 is 10.9. The molecule has 2 heterocycles. The van der Waals surface area contributed by atoms with Crippen molar-refractivity contribution in [1.82, 2.24) is 9.88 Å². The summed E-state index contributed by atoms with van der Waals surface area (Å²) in [7, 11) is 3.24. The van der Waals surface area contributed by atoms with E-state index in [-0.39, 0.29) is 22.9 Å². The van der Waals surface area contributed by atoms with Gasteiger partial charge in [0.15, 0.2) is 0 Å². The molecule has 0 saturated carbocycles. The summed E-state index contributed by atoms with van der Waals surface area (Å²) in [5.41, 5.74) is 5.52.